The number of benzene rings is 1. The Hall–Kier alpha value is -0.900. The van der Waals surface area contributed by atoms with Crippen molar-refractivity contribution in [1.82, 2.24) is 0 Å². The first kappa shape index (κ1) is 13.2. The zero-order valence-electron chi connectivity index (χ0n) is 10.1. The molecule has 0 saturated carbocycles. The average Bonchev–Trinajstić information content (AvgIpc) is 2.29. The summed E-state index contributed by atoms with van der Waals surface area (Å²) in [5, 5.41) is 10.0. The smallest absolute Gasteiger partial charge is 0.105 e. The number of methoxy groups -OCH3 is 1. The molecule has 2 atom stereocenters. The van der Waals surface area contributed by atoms with Crippen molar-refractivity contribution in [3.8, 4) is 0 Å². The maximum absolute atomic E-state index is 10.0. The molecule has 1 aromatic carbocycles. The molecule has 0 aromatic heterocycles. The quantitative estimate of drug-likeness (QED) is 0.752. The molecule has 1 aromatic rings. The van der Waals surface area contributed by atoms with Gasteiger partial charge in [-0.2, -0.15) is 0 Å². The van der Waals surface area contributed by atoms with Crippen LogP contribution in [0.1, 0.15) is 24.2 Å². The van der Waals surface area contributed by atoms with Crippen LogP contribution in [0.15, 0.2) is 24.3 Å². The Bertz CT molecular complexity index is 295. The number of aliphatic hydroxyl groups is 1. The molecule has 0 aliphatic rings. The Morgan fingerprint density at radius 1 is 1.19 bits per heavy atom. The SMILES string of the molecule is COCCOC(C)C(O)c1ccc(C)cc1. The minimum Gasteiger partial charge on any atom is -0.386 e. The van der Waals surface area contributed by atoms with Crippen LogP contribution in [0.5, 0.6) is 0 Å². The van der Waals surface area contributed by atoms with Gasteiger partial charge in [0.15, 0.2) is 0 Å². The normalized spacial score (nSPS) is 14.8. The molecule has 0 amide bonds. The van der Waals surface area contributed by atoms with Crippen molar-refractivity contribution in [3.05, 3.63) is 35.4 Å². The van der Waals surface area contributed by atoms with Crippen molar-refractivity contribution in [2.45, 2.75) is 26.1 Å². The number of ether oxygens (including phenoxy) is 2. The molecule has 3 heteroatoms. The van der Waals surface area contributed by atoms with E-state index in [2.05, 4.69) is 0 Å². The van der Waals surface area contributed by atoms with Crippen molar-refractivity contribution in [3.63, 3.8) is 0 Å². The number of hydrogen-bond acceptors (Lipinski definition) is 3. The maximum atomic E-state index is 10.0. The van der Waals surface area contributed by atoms with Gasteiger partial charge in [0.1, 0.15) is 6.10 Å². The molecule has 0 fully saturated rings. The largest absolute Gasteiger partial charge is 0.386 e. The highest BCUT2D eigenvalue weighted by Gasteiger charge is 2.16. The predicted molar refractivity (Wildman–Crippen MR) is 63.4 cm³/mol. The van der Waals surface area contributed by atoms with Gasteiger partial charge in [-0.25, -0.2) is 0 Å². The van der Waals surface area contributed by atoms with E-state index < -0.39 is 6.10 Å². The van der Waals surface area contributed by atoms with E-state index in [4.69, 9.17) is 9.47 Å². The van der Waals surface area contributed by atoms with E-state index in [1.165, 1.54) is 5.56 Å². The van der Waals surface area contributed by atoms with Crippen LogP contribution < -0.4 is 0 Å². The van der Waals surface area contributed by atoms with E-state index in [9.17, 15) is 5.11 Å². The van der Waals surface area contributed by atoms with Gasteiger partial charge in [0, 0.05) is 7.11 Å². The highest BCUT2D eigenvalue weighted by atomic mass is 16.5. The summed E-state index contributed by atoms with van der Waals surface area (Å²) in [6.45, 7) is 4.93. The Labute approximate surface area is 97.0 Å². The van der Waals surface area contributed by atoms with Gasteiger partial charge in [-0.3, -0.25) is 0 Å². The summed E-state index contributed by atoms with van der Waals surface area (Å²) in [5.41, 5.74) is 2.07. The highest BCUT2D eigenvalue weighted by molar-refractivity contribution is 5.23. The minimum absolute atomic E-state index is 0.224. The monoisotopic (exact) mass is 224 g/mol. The van der Waals surface area contributed by atoms with Gasteiger partial charge in [-0.15, -0.1) is 0 Å². The third-order valence-electron chi connectivity index (χ3n) is 2.53. The number of aliphatic hydroxyl groups excluding tert-OH is 1. The molecule has 0 aliphatic heterocycles. The van der Waals surface area contributed by atoms with E-state index in [1.54, 1.807) is 7.11 Å². The van der Waals surface area contributed by atoms with Crippen LogP contribution in [-0.4, -0.2) is 31.5 Å². The number of rotatable bonds is 6. The molecule has 0 bridgehead atoms. The van der Waals surface area contributed by atoms with Crippen LogP contribution in [0, 0.1) is 6.92 Å². The average molecular weight is 224 g/mol. The first-order valence-electron chi connectivity index (χ1n) is 5.50. The summed E-state index contributed by atoms with van der Waals surface area (Å²) in [6.07, 6.45) is -0.810. The summed E-state index contributed by atoms with van der Waals surface area (Å²) in [6, 6.07) is 7.83. The van der Waals surface area contributed by atoms with Crippen molar-refractivity contribution >= 4 is 0 Å². The fourth-order valence-corrected chi connectivity index (χ4v) is 1.44. The van der Waals surface area contributed by atoms with E-state index in [1.807, 2.05) is 38.1 Å². The first-order chi connectivity index (χ1) is 7.65. The van der Waals surface area contributed by atoms with E-state index in [0.29, 0.717) is 13.2 Å². The van der Waals surface area contributed by atoms with Gasteiger partial charge in [-0.1, -0.05) is 29.8 Å². The van der Waals surface area contributed by atoms with Gasteiger partial charge in [-0.05, 0) is 19.4 Å². The zero-order valence-corrected chi connectivity index (χ0v) is 10.1. The molecule has 2 unspecified atom stereocenters. The second-order valence-electron chi connectivity index (χ2n) is 3.92. The molecule has 1 N–H and O–H groups in total. The molecule has 1 rings (SSSR count). The van der Waals surface area contributed by atoms with Crippen LogP contribution in [0.4, 0.5) is 0 Å². The van der Waals surface area contributed by atoms with Crippen LogP contribution in [0.25, 0.3) is 0 Å². The minimum atomic E-state index is -0.586. The second-order valence-corrected chi connectivity index (χ2v) is 3.92. The fraction of sp³-hybridized carbons (Fsp3) is 0.538. The molecule has 3 nitrogen and oxygen atoms in total. The molecule has 0 saturated heterocycles. The third-order valence-corrected chi connectivity index (χ3v) is 2.53. The van der Waals surface area contributed by atoms with Crippen molar-refractivity contribution in [1.29, 1.82) is 0 Å². The van der Waals surface area contributed by atoms with Crippen LogP contribution >= 0.6 is 0 Å². The lowest BCUT2D eigenvalue weighted by molar-refractivity contribution is -0.0432. The third kappa shape index (κ3) is 3.93. The summed E-state index contributed by atoms with van der Waals surface area (Å²) in [7, 11) is 1.63. The van der Waals surface area contributed by atoms with Crippen LogP contribution in [0.2, 0.25) is 0 Å². The first-order valence-corrected chi connectivity index (χ1v) is 5.50. The summed E-state index contributed by atoms with van der Waals surface area (Å²) >= 11 is 0. The van der Waals surface area contributed by atoms with Crippen molar-refractivity contribution in [2.24, 2.45) is 0 Å². The predicted octanol–water partition coefficient (Wildman–Crippen LogP) is 2.08. The van der Waals surface area contributed by atoms with Crippen LogP contribution in [-0.2, 0) is 9.47 Å². The Morgan fingerprint density at radius 2 is 1.81 bits per heavy atom. The lowest BCUT2D eigenvalue weighted by atomic mass is 10.0. The Morgan fingerprint density at radius 3 is 2.38 bits per heavy atom. The standard InChI is InChI=1S/C13H20O3/c1-10-4-6-12(7-5-10)13(14)11(2)16-9-8-15-3/h4-7,11,13-14H,8-9H2,1-3H3. The second kappa shape index (κ2) is 6.63. The molecule has 16 heavy (non-hydrogen) atoms. The summed E-state index contributed by atoms with van der Waals surface area (Å²) in [4.78, 5) is 0. The van der Waals surface area contributed by atoms with Gasteiger partial charge in [0.2, 0.25) is 0 Å². The van der Waals surface area contributed by atoms with E-state index in [0.717, 1.165) is 5.56 Å². The Kier molecular flexibility index (Phi) is 5.46. The summed E-state index contributed by atoms with van der Waals surface area (Å²) < 4.78 is 10.3. The Balaban J connectivity index is 2.49. The van der Waals surface area contributed by atoms with Crippen molar-refractivity contribution in [2.75, 3.05) is 20.3 Å². The molecule has 90 valence electrons. The molecule has 0 aliphatic carbocycles. The van der Waals surface area contributed by atoms with Gasteiger partial charge in [0.25, 0.3) is 0 Å². The van der Waals surface area contributed by atoms with Crippen LogP contribution in [0.3, 0.4) is 0 Å². The highest BCUT2D eigenvalue weighted by Crippen LogP contribution is 2.19. The van der Waals surface area contributed by atoms with Gasteiger partial charge in [0.05, 0.1) is 19.3 Å². The summed E-state index contributed by atoms with van der Waals surface area (Å²) in [5.74, 6) is 0. The van der Waals surface area contributed by atoms with E-state index >= 15 is 0 Å². The molecule has 0 heterocycles. The van der Waals surface area contributed by atoms with E-state index in [-0.39, 0.29) is 6.10 Å². The molecule has 0 radical (unpaired) electrons. The lowest BCUT2D eigenvalue weighted by Gasteiger charge is -2.19. The molecular formula is C13H20O3. The molecular weight excluding hydrogens is 204 g/mol. The topological polar surface area (TPSA) is 38.7 Å². The van der Waals surface area contributed by atoms with Gasteiger partial charge < -0.3 is 14.6 Å². The van der Waals surface area contributed by atoms with Gasteiger partial charge >= 0.3 is 0 Å². The maximum Gasteiger partial charge on any atom is 0.105 e. The number of aryl methyl sites for hydroxylation is 1. The zero-order chi connectivity index (χ0) is 12.0. The fourth-order valence-electron chi connectivity index (χ4n) is 1.44. The molecule has 0 spiro atoms. The number of hydrogen-bond donors (Lipinski definition) is 1. The van der Waals surface area contributed by atoms with Crippen molar-refractivity contribution < 1.29 is 14.6 Å². The lowest BCUT2D eigenvalue weighted by Crippen LogP contribution is -2.20.